The average Bonchev–Trinajstić information content (AvgIpc) is 3.37. The molecule has 0 saturated heterocycles. The van der Waals surface area contributed by atoms with Crippen LogP contribution in [0, 0.1) is 18.3 Å². The zero-order chi connectivity index (χ0) is 31.7. The minimum atomic E-state index is -4.63. The molecule has 2 heterocycles. The Hall–Kier alpha value is -2.97. The lowest BCUT2D eigenvalue weighted by atomic mass is 9.81. The van der Waals surface area contributed by atoms with Gasteiger partial charge in [-0.05, 0) is 74.4 Å². The monoisotopic (exact) mass is 624 g/mol. The molecule has 0 amide bonds. The van der Waals surface area contributed by atoms with Crippen LogP contribution in [-0.4, -0.2) is 46.0 Å². The largest absolute Gasteiger partial charge is 0.481 e. The summed E-state index contributed by atoms with van der Waals surface area (Å²) in [6.07, 6.45) is -2.70. The number of aromatic nitrogens is 3. The van der Waals surface area contributed by atoms with E-state index < -0.39 is 40.0 Å². The molecule has 3 aromatic rings. The molecular formula is C30H39F3N4O5S. The second-order valence-corrected chi connectivity index (χ2v) is 13.6. The molecule has 2 atom stereocenters. The number of alkyl halides is 3. The lowest BCUT2D eigenvalue weighted by Gasteiger charge is -2.43. The van der Waals surface area contributed by atoms with Gasteiger partial charge in [0.1, 0.15) is 5.69 Å². The van der Waals surface area contributed by atoms with Crippen molar-refractivity contribution in [3.63, 3.8) is 0 Å². The maximum absolute atomic E-state index is 13.6. The lowest BCUT2D eigenvalue weighted by molar-refractivity contribution is -0.158. The molecule has 0 saturated carbocycles. The van der Waals surface area contributed by atoms with Crippen molar-refractivity contribution in [2.24, 2.45) is 11.3 Å². The average molecular weight is 625 g/mol. The molecule has 0 radical (unpaired) electrons. The van der Waals surface area contributed by atoms with Crippen molar-refractivity contribution in [1.82, 2.24) is 19.3 Å². The molecule has 0 spiro atoms. The fourth-order valence-corrected chi connectivity index (χ4v) is 7.07. The molecule has 1 aromatic heterocycles. The molecule has 236 valence electrons. The highest BCUT2D eigenvalue weighted by molar-refractivity contribution is 8.22. The van der Waals surface area contributed by atoms with E-state index in [9.17, 15) is 32.2 Å². The normalized spacial score (nSPS) is 19.0. The van der Waals surface area contributed by atoms with Crippen LogP contribution in [-0.2, 0) is 41.8 Å². The van der Waals surface area contributed by atoms with Gasteiger partial charge in [0, 0.05) is 19.6 Å². The van der Waals surface area contributed by atoms with Crippen molar-refractivity contribution in [3.8, 4) is 0 Å². The van der Waals surface area contributed by atoms with Gasteiger partial charge in [-0.1, -0.05) is 42.8 Å². The van der Waals surface area contributed by atoms with E-state index in [1.807, 2.05) is 26.8 Å². The topological polar surface area (TPSA) is 121 Å². The SMILES string of the molecule is CCC1Cc2ccc(C(F)(F)F)cc2S(O)(O)N(Cc2cc(C(OCc3cn(CC)nn3)C(C)(C)C(=O)O)ccc2C)C1. The maximum Gasteiger partial charge on any atom is 0.416 e. The Morgan fingerprint density at radius 2 is 1.88 bits per heavy atom. The first kappa shape index (κ1) is 32.9. The van der Waals surface area contributed by atoms with Gasteiger partial charge >= 0.3 is 12.1 Å². The van der Waals surface area contributed by atoms with Gasteiger partial charge in [0.15, 0.2) is 0 Å². The molecule has 9 nitrogen and oxygen atoms in total. The van der Waals surface area contributed by atoms with Gasteiger partial charge < -0.3 is 9.84 Å². The Bertz CT molecular complexity index is 1460. The van der Waals surface area contributed by atoms with E-state index in [0.717, 1.165) is 17.7 Å². The predicted octanol–water partition coefficient (Wildman–Crippen LogP) is 7.10. The second kappa shape index (κ2) is 12.6. The lowest BCUT2D eigenvalue weighted by Crippen LogP contribution is -2.33. The van der Waals surface area contributed by atoms with Crippen LogP contribution >= 0.6 is 10.8 Å². The van der Waals surface area contributed by atoms with Crippen molar-refractivity contribution < 1.29 is 36.9 Å². The van der Waals surface area contributed by atoms with E-state index in [1.165, 1.54) is 10.4 Å². The van der Waals surface area contributed by atoms with Crippen molar-refractivity contribution in [3.05, 3.63) is 76.1 Å². The van der Waals surface area contributed by atoms with Crippen LogP contribution in [0.15, 0.2) is 47.5 Å². The number of fused-ring (bicyclic) bond motifs is 1. The number of hydrogen-bond acceptors (Lipinski definition) is 7. The zero-order valence-corrected chi connectivity index (χ0v) is 25.7. The van der Waals surface area contributed by atoms with Gasteiger partial charge in [0.2, 0.25) is 0 Å². The maximum atomic E-state index is 13.6. The summed E-state index contributed by atoms with van der Waals surface area (Å²) < 4.78 is 73.0. The molecule has 3 N–H and O–H groups in total. The van der Waals surface area contributed by atoms with Crippen molar-refractivity contribution >= 4 is 16.7 Å². The van der Waals surface area contributed by atoms with E-state index in [0.29, 0.717) is 41.8 Å². The minimum Gasteiger partial charge on any atom is -0.481 e. The number of aliphatic carboxylic acids is 1. The highest BCUT2D eigenvalue weighted by Gasteiger charge is 2.40. The zero-order valence-electron chi connectivity index (χ0n) is 24.9. The molecule has 43 heavy (non-hydrogen) atoms. The van der Waals surface area contributed by atoms with E-state index in [-0.39, 0.29) is 30.5 Å². The number of nitrogens with zero attached hydrogens (tertiary/aromatic N) is 4. The molecule has 4 rings (SSSR count). The predicted molar refractivity (Wildman–Crippen MR) is 156 cm³/mol. The molecule has 2 aromatic carbocycles. The third kappa shape index (κ3) is 7.07. The number of rotatable bonds is 10. The Morgan fingerprint density at radius 1 is 1.16 bits per heavy atom. The van der Waals surface area contributed by atoms with Crippen molar-refractivity contribution in [1.29, 1.82) is 0 Å². The van der Waals surface area contributed by atoms with Crippen LogP contribution in [0.2, 0.25) is 0 Å². The number of ether oxygens (including phenoxy) is 1. The first-order valence-electron chi connectivity index (χ1n) is 14.1. The Balaban J connectivity index is 1.71. The van der Waals surface area contributed by atoms with Crippen LogP contribution in [0.1, 0.15) is 73.7 Å². The highest BCUT2D eigenvalue weighted by Crippen LogP contribution is 2.57. The first-order valence-corrected chi connectivity index (χ1v) is 15.6. The van der Waals surface area contributed by atoms with Crippen molar-refractivity contribution in [2.45, 2.75) is 84.3 Å². The molecule has 13 heteroatoms. The number of carboxylic acid groups (broad SMARTS) is 1. The molecule has 0 fully saturated rings. The van der Waals surface area contributed by atoms with Gasteiger partial charge in [-0.2, -0.15) is 17.5 Å². The van der Waals surface area contributed by atoms with Gasteiger partial charge in [-0.15, -0.1) is 15.9 Å². The summed E-state index contributed by atoms with van der Waals surface area (Å²) in [5.74, 6) is -1.09. The standard InChI is InChI=1S/C30H39F3N4O5S/c1-6-20-12-21-10-11-24(30(31,32)33)14-26(21)43(40,41)37(15-20)16-23-13-22(9-8-19(23)3)27(29(4,5)28(38)39)42-18-25-17-36(7-2)35-34-25/h8-11,13-14,17,20,27,40-41H,6-7,12,15-16,18H2,1-5H3,(H,38,39). The van der Waals surface area contributed by atoms with Gasteiger partial charge in [0.25, 0.3) is 0 Å². The first-order chi connectivity index (χ1) is 20.1. The Morgan fingerprint density at radius 3 is 2.49 bits per heavy atom. The fraction of sp³-hybridized carbons (Fsp3) is 0.500. The number of halogens is 3. The summed E-state index contributed by atoms with van der Waals surface area (Å²) in [5, 5.41) is 18.1. The van der Waals surface area contributed by atoms with Crippen LogP contribution in [0.5, 0.6) is 0 Å². The molecule has 0 aliphatic carbocycles. The Kier molecular flexibility index (Phi) is 9.62. The van der Waals surface area contributed by atoms with Gasteiger partial charge in [0.05, 0.1) is 34.8 Å². The number of aryl methyl sites for hydroxylation is 2. The van der Waals surface area contributed by atoms with Crippen LogP contribution < -0.4 is 0 Å². The van der Waals surface area contributed by atoms with Crippen LogP contribution in [0.4, 0.5) is 13.2 Å². The second-order valence-electron chi connectivity index (χ2n) is 11.6. The quantitative estimate of drug-likeness (QED) is 0.218. The summed E-state index contributed by atoms with van der Waals surface area (Å²) in [7, 11) is -3.79. The smallest absolute Gasteiger partial charge is 0.416 e. The highest BCUT2D eigenvalue weighted by atomic mass is 32.3. The molecule has 1 aliphatic heterocycles. The minimum absolute atomic E-state index is 0.0216. The molecular weight excluding hydrogens is 585 g/mol. The Labute approximate surface area is 251 Å². The van der Waals surface area contributed by atoms with E-state index in [4.69, 9.17) is 4.74 Å². The summed E-state index contributed by atoms with van der Waals surface area (Å²) in [5.41, 5.74) is 0.792. The summed E-state index contributed by atoms with van der Waals surface area (Å²) >= 11 is 0. The molecule has 2 unspecified atom stereocenters. The number of hydrogen-bond donors (Lipinski definition) is 3. The number of benzene rings is 2. The molecule has 0 bridgehead atoms. The summed E-state index contributed by atoms with van der Waals surface area (Å²) in [6, 6.07) is 8.55. The third-order valence-corrected chi connectivity index (χ3v) is 10.1. The van der Waals surface area contributed by atoms with Crippen LogP contribution in [0.25, 0.3) is 0 Å². The number of carboxylic acids is 1. The molecule has 1 aliphatic rings. The fourth-order valence-electron chi connectivity index (χ4n) is 5.27. The van der Waals surface area contributed by atoms with E-state index in [2.05, 4.69) is 10.3 Å². The van der Waals surface area contributed by atoms with Gasteiger partial charge in [-0.3, -0.25) is 18.6 Å². The van der Waals surface area contributed by atoms with Gasteiger partial charge in [-0.25, -0.2) is 0 Å². The van der Waals surface area contributed by atoms with Crippen molar-refractivity contribution in [2.75, 3.05) is 6.54 Å². The summed E-state index contributed by atoms with van der Waals surface area (Å²) in [6.45, 7) is 9.78. The number of carbonyl (C=O) groups is 1. The van der Waals surface area contributed by atoms with E-state index in [1.54, 1.807) is 36.9 Å². The summed E-state index contributed by atoms with van der Waals surface area (Å²) in [4.78, 5) is 12.2. The van der Waals surface area contributed by atoms with Crippen LogP contribution in [0.3, 0.4) is 0 Å². The third-order valence-electron chi connectivity index (χ3n) is 8.13. The van der Waals surface area contributed by atoms with E-state index >= 15 is 0 Å².